The molecule has 1 atom stereocenters. The molecule has 5 heteroatoms. The first kappa shape index (κ1) is 18.6. The summed E-state index contributed by atoms with van der Waals surface area (Å²) in [6, 6.07) is 22.1. The monoisotopic (exact) mass is 400 g/mol. The van der Waals surface area contributed by atoms with Crippen molar-refractivity contribution in [1.29, 1.82) is 0 Å². The molecule has 0 N–H and O–H groups in total. The maximum absolute atomic E-state index is 13.1. The minimum atomic E-state index is -0.299. The highest BCUT2D eigenvalue weighted by atomic mass is 19.1. The van der Waals surface area contributed by atoms with Gasteiger partial charge in [-0.2, -0.15) is 0 Å². The van der Waals surface area contributed by atoms with Crippen LogP contribution in [0.2, 0.25) is 0 Å². The zero-order valence-corrected chi connectivity index (χ0v) is 16.4. The fourth-order valence-corrected chi connectivity index (χ4v) is 4.10. The van der Waals surface area contributed by atoms with Crippen molar-refractivity contribution in [3.05, 3.63) is 90.1 Å². The Hall–Kier alpha value is -3.47. The zero-order chi connectivity index (χ0) is 20.5. The van der Waals surface area contributed by atoms with Crippen LogP contribution in [0.15, 0.2) is 77.2 Å². The van der Waals surface area contributed by atoms with Crippen LogP contribution in [-0.2, 0) is 11.2 Å². The Balaban J connectivity index is 1.39. The lowest BCUT2D eigenvalue weighted by molar-refractivity contribution is -0.131. The molecular formula is C25H21FN2O2. The van der Waals surface area contributed by atoms with E-state index in [0.29, 0.717) is 12.4 Å². The fraction of sp³-hybridized carbons (Fsp3) is 0.200. The molecule has 1 aromatic heterocycles. The first-order valence-corrected chi connectivity index (χ1v) is 10.2. The van der Waals surface area contributed by atoms with Gasteiger partial charge in [0, 0.05) is 6.54 Å². The number of benzene rings is 3. The minimum Gasteiger partial charge on any atom is -0.438 e. The molecule has 1 aliphatic rings. The maximum atomic E-state index is 13.1. The van der Waals surface area contributed by atoms with Crippen LogP contribution in [-0.4, -0.2) is 22.3 Å². The SMILES string of the molecule is O=C(Cc1ccc(F)cc1)N1CCC[C@@H]1c1nc2cc(-c3ccccc3)ccc2o1. The molecule has 150 valence electrons. The lowest BCUT2D eigenvalue weighted by Gasteiger charge is -2.22. The van der Waals surface area contributed by atoms with E-state index < -0.39 is 0 Å². The van der Waals surface area contributed by atoms with Crippen molar-refractivity contribution in [3.63, 3.8) is 0 Å². The summed E-state index contributed by atoms with van der Waals surface area (Å²) in [6.07, 6.45) is 1.98. The van der Waals surface area contributed by atoms with E-state index in [9.17, 15) is 9.18 Å². The molecule has 1 saturated heterocycles. The molecule has 5 rings (SSSR count). The molecule has 30 heavy (non-hydrogen) atoms. The summed E-state index contributed by atoms with van der Waals surface area (Å²) in [7, 11) is 0. The Morgan fingerprint density at radius 1 is 1.03 bits per heavy atom. The van der Waals surface area contributed by atoms with Crippen molar-refractivity contribution in [2.24, 2.45) is 0 Å². The van der Waals surface area contributed by atoms with E-state index in [4.69, 9.17) is 9.40 Å². The Kier molecular flexibility index (Phi) is 4.79. The van der Waals surface area contributed by atoms with Crippen molar-refractivity contribution in [3.8, 4) is 11.1 Å². The van der Waals surface area contributed by atoms with Crippen molar-refractivity contribution in [1.82, 2.24) is 9.88 Å². The summed E-state index contributed by atoms with van der Waals surface area (Å²) in [4.78, 5) is 19.5. The van der Waals surface area contributed by atoms with E-state index >= 15 is 0 Å². The molecule has 4 aromatic rings. The number of aromatic nitrogens is 1. The lowest BCUT2D eigenvalue weighted by Crippen LogP contribution is -2.32. The van der Waals surface area contributed by atoms with E-state index in [1.807, 2.05) is 41.3 Å². The molecule has 0 spiro atoms. The highest BCUT2D eigenvalue weighted by Crippen LogP contribution is 2.34. The predicted octanol–water partition coefficient (Wildman–Crippen LogP) is 5.54. The van der Waals surface area contributed by atoms with Gasteiger partial charge in [-0.3, -0.25) is 4.79 Å². The lowest BCUT2D eigenvalue weighted by atomic mass is 10.1. The highest BCUT2D eigenvalue weighted by Gasteiger charge is 2.33. The number of oxazole rings is 1. The summed E-state index contributed by atoms with van der Waals surface area (Å²) >= 11 is 0. The topological polar surface area (TPSA) is 46.3 Å². The van der Waals surface area contributed by atoms with Crippen LogP contribution in [0.4, 0.5) is 4.39 Å². The number of rotatable bonds is 4. The minimum absolute atomic E-state index is 0.0105. The van der Waals surface area contributed by atoms with Crippen LogP contribution in [0.5, 0.6) is 0 Å². The Labute approximate surface area is 174 Å². The van der Waals surface area contributed by atoms with Gasteiger partial charge in [-0.1, -0.05) is 48.5 Å². The Morgan fingerprint density at radius 3 is 2.63 bits per heavy atom. The normalized spacial score (nSPS) is 16.3. The largest absolute Gasteiger partial charge is 0.438 e. The van der Waals surface area contributed by atoms with Crippen LogP contribution in [0.3, 0.4) is 0 Å². The summed E-state index contributed by atoms with van der Waals surface area (Å²) in [5.74, 6) is 0.295. The molecule has 1 aliphatic heterocycles. The summed E-state index contributed by atoms with van der Waals surface area (Å²) < 4.78 is 19.2. The third kappa shape index (κ3) is 3.59. The number of likely N-dealkylation sites (tertiary alicyclic amines) is 1. The molecule has 0 unspecified atom stereocenters. The van der Waals surface area contributed by atoms with Gasteiger partial charge in [0.15, 0.2) is 5.58 Å². The first-order valence-electron chi connectivity index (χ1n) is 10.2. The second-order valence-corrected chi connectivity index (χ2v) is 7.65. The third-order valence-corrected chi connectivity index (χ3v) is 5.64. The van der Waals surface area contributed by atoms with Crippen molar-refractivity contribution in [2.75, 3.05) is 6.54 Å². The fourth-order valence-electron chi connectivity index (χ4n) is 4.10. The van der Waals surface area contributed by atoms with Crippen LogP contribution in [0, 0.1) is 5.82 Å². The first-order chi connectivity index (χ1) is 14.7. The van der Waals surface area contributed by atoms with E-state index in [-0.39, 0.29) is 24.2 Å². The number of hydrogen-bond donors (Lipinski definition) is 0. The van der Waals surface area contributed by atoms with Gasteiger partial charge in [0.2, 0.25) is 11.8 Å². The average molecular weight is 400 g/mol. The standard InChI is InChI=1S/C25H21FN2O2/c26-20-11-8-17(9-12-20)15-24(29)28-14-4-7-22(28)25-27-21-16-19(10-13-23(21)30-25)18-5-2-1-3-6-18/h1-3,5-6,8-13,16,22H,4,7,14-15H2/t22-/m1/s1. The third-order valence-electron chi connectivity index (χ3n) is 5.64. The average Bonchev–Trinajstić information content (AvgIpc) is 3.42. The highest BCUT2D eigenvalue weighted by molar-refractivity contribution is 5.81. The smallest absolute Gasteiger partial charge is 0.227 e. The van der Waals surface area contributed by atoms with Crippen LogP contribution in [0.25, 0.3) is 22.2 Å². The second-order valence-electron chi connectivity index (χ2n) is 7.65. The van der Waals surface area contributed by atoms with Crippen LogP contribution in [0.1, 0.15) is 30.3 Å². The molecule has 0 bridgehead atoms. The van der Waals surface area contributed by atoms with Gasteiger partial charge in [0.25, 0.3) is 0 Å². The number of carbonyl (C=O) groups is 1. The molecule has 0 radical (unpaired) electrons. The summed E-state index contributed by atoms with van der Waals surface area (Å²) in [5, 5.41) is 0. The van der Waals surface area contributed by atoms with Crippen molar-refractivity contribution in [2.45, 2.75) is 25.3 Å². The van der Waals surface area contributed by atoms with E-state index in [0.717, 1.165) is 40.6 Å². The van der Waals surface area contributed by atoms with E-state index in [2.05, 4.69) is 12.1 Å². The maximum Gasteiger partial charge on any atom is 0.227 e. The quantitative estimate of drug-likeness (QED) is 0.452. The number of nitrogens with zero attached hydrogens (tertiary/aromatic N) is 2. The number of fused-ring (bicyclic) bond motifs is 1. The molecule has 0 saturated carbocycles. The van der Waals surface area contributed by atoms with Gasteiger partial charge < -0.3 is 9.32 Å². The Morgan fingerprint density at radius 2 is 1.83 bits per heavy atom. The van der Waals surface area contributed by atoms with E-state index in [1.165, 1.54) is 12.1 Å². The van der Waals surface area contributed by atoms with E-state index in [1.54, 1.807) is 12.1 Å². The van der Waals surface area contributed by atoms with Gasteiger partial charge in [-0.25, -0.2) is 9.37 Å². The van der Waals surface area contributed by atoms with Gasteiger partial charge in [-0.15, -0.1) is 0 Å². The molecular weight excluding hydrogens is 379 g/mol. The molecule has 1 amide bonds. The molecule has 1 fully saturated rings. The number of amides is 1. The number of hydrogen-bond acceptors (Lipinski definition) is 3. The molecule has 4 nitrogen and oxygen atoms in total. The second kappa shape index (κ2) is 7.75. The number of carbonyl (C=O) groups excluding carboxylic acids is 1. The zero-order valence-electron chi connectivity index (χ0n) is 16.4. The van der Waals surface area contributed by atoms with Gasteiger partial charge in [-0.05, 0) is 53.8 Å². The van der Waals surface area contributed by atoms with Crippen LogP contribution < -0.4 is 0 Å². The summed E-state index contributed by atoms with van der Waals surface area (Å²) in [6.45, 7) is 0.679. The van der Waals surface area contributed by atoms with Crippen LogP contribution >= 0.6 is 0 Å². The molecule has 2 heterocycles. The van der Waals surface area contributed by atoms with Gasteiger partial charge in [0.05, 0.1) is 6.42 Å². The number of halogens is 1. The molecule has 3 aromatic carbocycles. The van der Waals surface area contributed by atoms with Crippen molar-refractivity contribution >= 4 is 17.0 Å². The summed E-state index contributed by atoms with van der Waals surface area (Å²) in [5.41, 5.74) is 4.53. The predicted molar refractivity (Wildman–Crippen MR) is 113 cm³/mol. The van der Waals surface area contributed by atoms with Gasteiger partial charge in [0.1, 0.15) is 17.4 Å². The van der Waals surface area contributed by atoms with Crippen molar-refractivity contribution < 1.29 is 13.6 Å². The molecule has 0 aliphatic carbocycles. The Bertz CT molecular complexity index is 1180. The van der Waals surface area contributed by atoms with Gasteiger partial charge >= 0.3 is 0 Å².